The van der Waals surface area contributed by atoms with Gasteiger partial charge in [-0.15, -0.1) is 0 Å². The minimum Gasteiger partial charge on any atom is -0.365 e. The van der Waals surface area contributed by atoms with E-state index in [1.165, 1.54) is 21.3 Å². The SMILES string of the molecule is Cc1cccc2c1CCN2Cc1cc(=O)n2[nH]c(-c3ccccc3)nc2n1. The van der Waals surface area contributed by atoms with Crippen molar-refractivity contribution in [3.8, 4) is 11.4 Å². The molecule has 0 atom stereocenters. The number of aryl methyl sites for hydroxylation is 1. The van der Waals surface area contributed by atoms with Crippen molar-refractivity contribution in [3.63, 3.8) is 0 Å². The Morgan fingerprint density at radius 2 is 1.93 bits per heavy atom. The predicted octanol–water partition coefficient (Wildman–Crippen LogP) is 2.96. The number of aromatic amines is 1. The molecule has 0 spiro atoms. The fraction of sp³-hybridized carbons (Fsp3) is 0.190. The van der Waals surface area contributed by atoms with Crippen LogP contribution in [0.15, 0.2) is 59.4 Å². The number of nitrogens with zero attached hydrogens (tertiary/aromatic N) is 4. The first kappa shape index (κ1) is 15.8. The lowest BCUT2D eigenvalue weighted by atomic mass is 10.1. The molecule has 2 aromatic heterocycles. The van der Waals surface area contributed by atoms with Gasteiger partial charge in [-0.2, -0.15) is 9.50 Å². The van der Waals surface area contributed by atoms with Gasteiger partial charge in [-0.3, -0.25) is 9.89 Å². The van der Waals surface area contributed by atoms with Gasteiger partial charge in [0.15, 0.2) is 5.82 Å². The zero-order valence-electron chi connectivity index (χ0n) is 15.0. The number of fused-ring (bicyclic) bond motifs is 2. The first-order valence-electron chi connectivity index (χ1n) is 9.06. The van der Waals surface area contributed by atoms with Crippen LogP contribution >= 0.6 is 0 Å². The van der Waals surface area contributed by atoms with Crippen molar-refractivity contribution in [2.75, 3.05) is 11.4 Å². The highest BCUT2D eigenvalue weighted by Gasteiger charge is 2.21. The highest BCUT2D eigenvalue weighted by Crippen LogP contribution is 2.31. The van der Waals surface area contributed by atoms with Crippen LogP contribution < -0.4 is 10.5 Å². The third kappa shape index (κ3) is 2.70. The Kier molecular flexibility index (Phi) is 3.57. The minimum atomic E-state index is -0.145. The van der Waals surface area contributed by atoms with Crippen molar-refractivity contribution in [2.45, 2.75) is 19.9 Å². The lowest BCUT2D eigenvalue weighted by Gasteiger charge is -2.19. The molecule has 2 aromatic carbocycles. The van der Waals surface area contributed by atoms with Gasteiger partial charge in [0.2, 0.25) is 0 Å². The van der Waals surface area contributed by atoms with Crippen molar-refractivity contribution in [2.24, 2.45) is 0 Å². The molecule has 0 radical (unpaired) electrons. The van der Waals surface area contributed by atoms with Crippen LogP contribution in [0.4, 0.5) is 5.69 Å². The molecule has 0 amide bonds. The number of nitrogens with one attached hydrogen (secondary N) is 1. The summed E-state index contributed by atoms with van der Waals surface area (Å²) in [5.74, 6) is 1.04. The summed E-state index contributed by atoms with van der Waals surface area (Å²) in [4.78, 5) is 24.0. The number of rotatable bonds is 3. The van der Waals surface area contributed by atoms with Crippen LogP contribution in [-0.4, -0.2) is 26.1 Å². The molecule has 0 saturated heterocycles. The van der Waals surface area contributed by atoms with Crippen LogP contribution in [0.5, 0.6) is 0 Å². The summed E-state index contributed by atoms with van der Waals surface area (Å²) in [6.45, 7) is 3.70. The number of H-pyrrole nitrogens is 1. The van der Waals surface area contributed by atoms with Gasteiger partial charge in [0.05, 0.1) is 12.2 Å². The van der Waals surface area contributed by atoms with Crippen LogP contribution in [0.25, 0.3) is 17.2 Å². The molecule has 3 heterocycles. The van der Waals surface area contributed by atoms with Crippen LogP contribution in [0.1, 0.15) is 16.8 Å². The number of hydrogen-bond donors (Lipinski definition) is 1. The molecular weight excluding hydrogens is 338 g/mol. The van der Waals surface area contributed by atoms with Gasteiger partial charge in [-0.05, 0) is 30.5 Å². The molecule has 4 aromatic rings. The molecule has 6 heteroatoms. The van der Waals surface area contributed by atoms with E-state index in [-0.39, 0.29) is 5.56 Å². The second-order valence-corrected chi connectivity index (χ2v) is 6.90. The predicted molar refractivity (Wildman–Crippen MR) is 105 cm³/mol. The number of benzene rings is 2. The summed E-state index contributed by atoms with van der Waals surface area (Å²) in [5, 5.41) is 3.04. The zero-order chi connectivity index (χ0) is 18.4. The second kappa shape index (κ2) is 6.09. The van der Waals surface area contributed by atoms with Crippen LogP contribution in [0, 0.1) is 6.92 Å². The monoisotopic (exact) mass is 357 g/mol. The van der Waals surface area contributed by atoms with Crippen LogP contribution in [0.2, 0.25) is 0 Å². The van der Waals surface area contributed by atoms with E-state index in [4.69, 9.17) is 0 Å². The molecule has 134 valence electrons. The Hall–Kier alpha value is -3.41. The Morgan fingerprint density at radius 3 is 2.78 bits per heavy atom. The van der Waals surface area contributed by atoms with E-state index < -0.39 is 0 Å². The number of anilines is 1. The Morgan fingerprint density at radius 1 is 1.07 bits per heavy atom. The maximum Gasteiger partial charge on any atom is 0.274 e. The normalized spacial score (nSPS) is 13.3. The third-order valence-electron chi connectivity index (χ3n) is 5.14. The molecule has 0 fully saturated rings. The van der Waals surface area contributed by atoms with E-state index in [2.05, 4.69) is 45.1 Å². The van der Waals surface area contributed by atoms with Gasteiger partial charge in [-0.1, -0.05) is 42.5 Å². The van der Waals surface area contributed by atoms with E-state index in [0.29, 0.717) is 18.1 Å². The molecule has 0 saturated carbocycles. The summed E-state index contributed by atoms with van der Waals surface area (Å²) in [5.41, 5.74) is 5.46. The molecule has 1 aliphatic rings. The molecule has 5 rings (SSSR count). The van der Waals surface area contributed by atoms with Gasteiger partial charge in [0, 0.05) is 23.9 Å². The van der Waals surface area contributed by atoms with Crippen molar-refractivity contribution in [3.05, 3.63) is 81.8 Å². The van der Waals surface area contributed by atoms with Gasteiger partial charge in [0.25, 0.3) is 11.3 Å². The average Bonchev–Trinajstić information content (AvgIpc) is 3.28. The summed E-state index contributed by atoms with van der Waals surface area (Å²) in [6.07, 6.45) is 1.03. The molecular formula is C21H19N5O. The highest BCUT2D eigenvalue weighted by molar-refractivity contribution is 5.61. The van der Waals surface area contributed by atoms with Crippen molar-refractivity contribution in [1.29, 1.82) is 0 Å². The van der Waals surface area contributed by atoms with E-state index in [9.17, 15) is 4.79 Å². The molecule has 1 aliphatic heterocycles. The van der Waals surface area contributed by atoms with Crippen LogP contribution in [0.3, 0.4) is 0 Å². The molecule has 0 bridgehead atoms. The van der Waals surface area contributed by atoms with Crippen molar-refractivity contribution >= 4 is 11.5 Å². The van der Waals surface area contributed by atoms with Gasteiger partial charge < -0.3 is 4.90 Å². The van der Waals surface area contributed by atoms with E-state index in [1.807, 2.05) is 30.3 Å². The maximum absolute atomic E-state index is 12.6. The average molecular weight is 357 g/mol. The first-order valence-corrected chi connectivity index (χ1v) is 9.06. The van der Waals surface area contributed by atoms with Crippen LogP contribution in [-0.2, 0) is 13.0 Å². The minimum absolute atomic E-state index is 0.145. The van der Waals surface area contributed by atoms with Crippen molar-refractivity contribution < 1.29 is 0 Å². The third-order valence-corrected chi connectivity index (χ3v) is 5.14. The van der Waals surface area contributed by atoms with E-state index >= 15 is 0 Å². The topological polar surface area (TPSA) is 66.3 Å². The number of hydrogen-bond acceptors (Lipinski definition) is 4. The Balaban J connectivity index is 1.51. The van der Waals surface area contributed by atoms with E-state index in [1.54, 1.807) is 6.07 Å². The second-order valence-electron chi connectivity index (χ2n) is 6.90. The molecule has 1 N–H and O–H groups in total. The molecule has 0 aliphatic carbocycles. The van der Waals surface area contributed by atoms with Gasteiger partial charge in [0.1, 0.15) is 0 Å². The molecule has 27 heavy (non-hydrogen) atoms. The molecule has 0 unspecified atom stereocenters. The number of aromatic nitrogens is 4. The van der Waals surface area contributed by atoms with Gasteiger partial charge >= 0.3 is 0 Å². The molecule has 6 nitrogen and oxygen atoms in total. The maximum atomic E-state index is 12.6. The quantitative estimate of drug-likeness (QED) is 0.612. The summed E-state index contributed by atoms with van der Waals surface area (Å²) >= 11 is 0. The fourth-order valence-electron chi connectivity index (χ4n) is 3.77. The Bertz CT molecular complexity index is 1190. The largest absolute Gasteiger partial charge is 0.365 e. The van der Waals surface area contributed by atoms with Gasteiger partial charge in [-0.25, -0.2) is 4.98 Å². The standard InChI is InChI=1S/C21H19N5O/c1-14-6-5-9-18-17(14)10-11-25(18)13-16-12-19(27)26-21(22-16)23-20(24-26)15-7-3-2-4-8-15/h2-9,12H,10-11,13H2,1H3,(H,22,23,24). The zero-order valence-corrected chi connectivity index (χ0v) is 15.0. The smallest absolute Gasteiger partial charge is 0.274 e. The summed E-state index contributed by atoms with van der Waals surface area (Å²) in [7, 11) is 0. The summed E-state index contributed by atoms with van der Waals surface area (Å²) in [6, 6.07) is 17.7. The lowest BCUT2D eigenvalue weighted by molar-refractivity contribution is 0.798. The van der Waals surface area contributed by atoms with Crippen molar-refractivity contribution in [1.82, 2.24) is 19.6 Å². The Labute approximate surface area is 156 Å². The lowest BCUT2D eigenvalue weighted by Crippen LogP contribution is -2.23. The summed E-state index contributed by atoms with van der Waals surface area (Å²) < 4.78 is 1.40. The van der Waals surface area contributed by atoms with E-state index in [0.717, 1.165) is 24.2 Å². The first-order chi connectivity index (χ1) is 13.2. The highest BCUT2D eigenvalue weighted by atomic mass is 16.1. The fourth-order valence-corrected chi connectivity index (χ4v) is 3.77.